The molecule has 0 N–H and O–H groups in total. The van der Waals surface area contributed by atoms with Crippen LogP contribution in [0.1, 0.15) is 19.3 Å². The maximum atomic E-state index is 12.7. The first-order valence-electron chi connectivity index (χ1n) is 4.57. The van der Waals surface area contributed by atoms with Crippen molar-refractivity contribution in [3.05, 3.63) is 0 Å². The third kappa shape index (κ3) is 3.00. The van der Waals surface area contributed by atoms with E-state index >= 15 is 0 Å². The van der Waals surface area contributed by atoms with Crippen molar-refractivity contribution in [1.29, 1.82) is 0 Å². The van der Waals surface area contributed by atoms with Gasteiger partial charge in [0.15, 0.2) is 0 Å². The summed E-state index contributed by atoms with van der Waals surface area (Å²) in [5.41, 5.74) is 0. The minimum Gasteiger partial charge on any atom is -0.251 e. The van der Waals surface area contributed by atoms with Crippen LogP contribution in [-0.2, 0) is 0 Å². The minimum absolute atomic E-state index is 0.636. The monoisotopic (exact) mass is 294 g/mol. The molecule has 0 unspecified atom stereocenters. The van der Waals surface area contributed by atoms with Crippen molar-refractivity contribution in [2.75, 3.05) is 6.67 Å². The Morgan fingerprint density at radius 3 is 1.39 bits per heavy atom. The average molecular weight is 294 g/mol. The number of unbranched alkanes of at least 4 members (excludes halogenated alkanes) is 1. The summed E-state index contributed by atoms with van der Waals surface area (Å²) >= 11 is 0. The minimum atomic E-state index is -6.86. The summed E-state index contributed by atoms with van der Waals surface area (Å²) in [4.78, 5) is 0. The first-order valence-corrected chi connectivity index (χ1v) is 4.57. The van der Waals surface area contributed by atoms with Gasteiger partial charge in [-0.25, -0.2) is 0 Å². The van der Waals surface area contributed by atoms with Gasteiger partial charge in [0.1, 0.15) is 0 Å². The second-order valence-electron chi connectivity index (χ2n) is 3.50. The highest BCUT2D eigenvalue weighted by Crippen LogP contribution is 2.54. The number of hydrogen-bond donors (Lipinski definition) is 0. The van der Waals surface area contributed by atoms with E-state index < -0.39 is 49.9 Å². The van der Waals surface area contributed by atoms with Gasteiger partial charge in [-0.1, -0.05) is 0 Å². The third-order valence-electron chi connectivity index (χ3n) is 2.08. The van der Waals surface area contributed by atoms with Crippen molar-refractivity contribution in [1.82, 2.24) is 0 Å². The van der Waals surface area contributed by atoms with Gasteiger partial charge in [0.05, 0.1) is 6.67 Å². The zero-order chi connectivity index (χ0) is 14.8. The Hall–Kier alpha value is -0.700. The summed E-state index contributed by atoms with van der Waals surface area (Å²) in [6.45, 7) is -1.17. The molecule has 0 saturated heterocycles. The molecule has 110 valence electrons. The summed E-state index contributed by atoms with van der Waals surface area (Å²) in [7, 11) is 0. The van der Waals surface area contributed by atoms with Crippen LogP contribution < -0.4 is 0 Å². The van der Waals surface area contributed by atoms with E-state index in [9.17, 15) is 43.9 Å². The maximum absolute atomic E-state index is 12.7. The highest BCUT2D eigenvalue weighted by atomic mass is 19.4. The molecule has 0 aliphatic heterocycles. The van der Waals surface area contributed by atoms with E-state index in [2.05, 4.69) is 0 Å². The fourth-order valence-electron chi connectivity index (χ4n) is 1.01. The van der Waals surface area contributed by atoms with Gasteiger partial charge in [0.25, 0.3) is 0 Å². The predicted octanol–water partition coefficient (Wildman–Crippen LogP) is 4.59. The molecule has 0 fully saturated rings. The van der Waals surface area contributed by atoms with Gasteiger partial charge in [0.2, 0.25) is 0 Å². The Morgan fingerprint density at radius 2 is 1.06 bits per heavy atom. The average Bonchev–Trinajstić information content (AvgIpc) is 2.15. The first-order chi connectivity index (χ1) is 7.81. The van der Waals surface area contributed by atoms with Crippen molar-refractivity contribution >= 4 is 0 Å². The summed E-state index contributed by atoms with van der Waals surface area (Å²) in [5.74, 6) is -19.0. The molecule has 0 nitrogen and oxygen atoms in total. The molecule has 0 aromatic heterocycles. The Balaban J connectivity index is 5.11. The second kappa shape index (κ2) is 5.12. The molecule has 0 aliphatic carbocycles. The SMILES string of the molecule is FCCCCC(F)(F)C(F)(F)C(F)(F)C(F)(F)F. The molecule has 0 bridgehead atoms. The van der Waals surface area contributed by atoms with Crippen molar-refractivity contribution in [2.24, 2.45) is 0 Å². The lowest BCUT2D eigenvalue weighted by atomic mass is 9.99. The number of alkyl halides is 10. The molecule has 0 radical (unpaired) electrons. The Bertz CT molecular complexity index is 266. The molecule has 0 aromatic rings. The smallest absolute Gasteiger partial charge is 0.251 e. The molecule has 0 atom stereocenters. The van der Waals surface area contributed by atoms with Crippen LogP contribution >= 0.6 is 0 Å². The van der Waals surface area contributed by atoms with Crippen LogP contribution in [0.25, 0.3) is 0 Å². The largest absolute Gasteiger partial charge is 0.460 e. The lowest BCUT2D eigenvalue weighted by molar-refractivity contribution is -0.396. The van der Waals surface area contributed by atoms with E-state index in [1.54, 1.807) is 0 Å². The van der Waals surface area contributed by atoms with E-state index in [0.717, 1.165) is 0 Å². The van der Waals surface area contributed by atoms with Crippen molar-refractivity contribution < 1.29 is 43.9 Å². The maximum Gasteiger partial charge on any atom is 0.460 e. The molecule has 0 aliphatic rings. The first kappa shape index (κ1) is 17.3. The van der Waals surface area contributed by atoms with E-state index in [1.165, 1.54) is 0 Å². The van der Waals surface area contributed by atoms with Crippen LogP contribution in [0.3, 0.4) is 0 Å². The van der Waals surface area contributed by atoms with Gasteiger partial charge in [-0.05, 0) is 12.8 Å². The van der Waals surface area contributed by atoms with Gasteiger partial charge in [0, 0.05) is 6.42 Å². The lowest BCUT2D eigenvalue weighted by Gasteiger charge is -2.33. The Kier molecular flexibility index (Phi) is 4.92. The standard InChI is InChI=1S/C8H8F10/c9-4-2-1-3-5(10,11)6(12,13)7(14,15)8(16,17)18/h1-4H2. The normalized spacial score (nSPS) is 15.0. The molecule has 0 rings (SSSR count). The number of halogens is 10. The van der Waals surface area contributed by atoms with E-state index in [-0.39, 0.29) is 0 Å². The Morgan fingerprint density at radius 1 is 0.611 bits per heavy atom. The molecular weight excluding hydrogens is 286 g/mol. The predicted molar refractivity (Wildman–Crippen MR) is 40.7 cm³/mol. The molecular formula is C8H8F10. The van der Waals surface area contributed by atoms with Crippen LogP contribution in [-0.4, -0.2) is 30.6 Å². The molecule has 0 spiro atoms. The molecule has 0 aromatic carbocycles. The van der Waals surface area contributed by atoms with Gasteiger partial charge in [-0.15, -0.1) is 0 Å². The van der Waals surface area contributed by atoms with Crippen molar-refractivity contribution in [2.45, 2.75) is 43.2 Å². The highest BCUT2D eigenvalue weighted by molar-refractivity contribution is 5.00. The van der Waals surface area contributed by atoms with Gasteiger partial charge in [-0.3, -0.25) is 4.39 Å². The molecule has 10 heteroatoms. The summed E-state index contributed by atoms with van der Waals surface area (Å²) < 4.78 is 122. The molecule has 0 heterocycles. The zero-order valence-corrected chi connectivity index (χ0v) is 8.61. The Labute approximate surface area is 94.9 Å². The number of rotatable bonds is 6. The number of hydrogen-bond acceptors (Lipinski definition) is 0. The summed E-state index contributed by atoms with van der Waals surface area (Å²) in [6, 6.07) is 0. The van der Waals surface area contributed by atoms with Crippen LogP contribution in [0.15, 0.2) is 0 Å². The molecule has 18 heavy (non-hydrogen) atoms. The van der Waals surface area contributed by atoms with Crippen LogP contribution in [0.4, 0.5) is 43.9 Å². The van der Waals surface area contributed by atoms with Gasteiger partial charge >= 0.3 is 23.9 Å². The van der Waals surface area contributed by atoms with Crippen molar-refractivity contribution in [3.8, 4) is 0 Å². The summed E-state index contributed by atoms with van der Waals surface area (Å²) in [6.07, 6.45) is -10.3. The molecule has 0 saturated carbocycles. The van der Waals surface area contributed by atoms with E-state index in [0.29, 0.717) is 0 Å². The van der Waals surface area contributed by atoms with Crippen LogP contribution in [0, 0.1) is 0 Å². The van der Waals surface area contributed by atoms with Gasteiger partial charge in [-0.2, -0.15) is 39.5 Å². The lowest BCUT2D eigenvalue weighted by Crippen LogP contribution is -2.60. The quantitative estimate of drug-likeness (QED) is 0.496. The topological polar surface area (TPSA) is 0 Å². The second-order valence-corrected chi connectivity index (χ2v) is 3.50. The van der Waals surface area contributed by atoms with Gasteiger partial charge < -0.3 is 0 Å². The molecule has 0 amide bonds. The van der Waals surface area contributed by atoms with E-state index in [1.807, 2.05) is 0 Å². The zero-order valence-electron chi connectivity index (χ0n) is 8.61. The van der Waals surface area contributed by atoms with Crippen molar-refractivity contribution in [3.63, 3.8) is 0 Å². The van der Waals surface area contributed by atoms with E-state index in [4.69, 9.17) is 0 Å². The third-order valence-corrected chi connectivity index (χ3v) is 2.08. The van der Waals surface area contributed by atoms with Crippen LogP contribution in [0.5, 0.6) is 0 Å². The fraction of sp³-hybridized carbons (Fsp3) is 1.00. The summed E-state index contributed by atoms with van der Waals surface area (Å²) in [5, 5.41) is 0. The fourth-order valence-corrected chi connectivity index (χ4v) is 1.01. The van der Waals surface area contributed by atoms with Crippen LogP contribution in [0.2, 0.25) is 0 Å². The highest BCUT2D eigenvalue weighted by Gasteiger charge is 2.81.